The fraction of sp³-hybridized carbons (Fsp3) is 0.514. The number of hydrogen-bond donors (Lipinski definition) is 1. The largest absolute Gasteiger partial charge is 0.508 e. The smallest absolute Gasteiger partial charge is 0.299 e. The molecule has 41 heavy (non-hydrogen) atoms. The van der Waals surface area contributed by atoms with Crippen LogP contribution in [0.2, 0.25) is 0 Å². The van der Waals surface area contributed by atoms with Crippen molar-refractivity contribution in [2.24, 2.45) is 11.8 Å². The zero-order chi connectivity index (χ0) is 29.1. The van der Waals surface area contributed by atoms with Gasteiger partial charge in [-0.15, -0.1) is 6.58 Å². The summed E-state index contributed by atoms with van der Waals surface area (Å²) in [7, 11) is 1.63. The monoisotopic (exact) mass is 554 g/mol. The first-order valence-electron chi connectivity index (χ1n) is 15.0. The average Bonchev–Trinajstić information content (AvgIpc) is 3.29. The number of phenols is 1. The highest BCUT2D eigenvalue weighted by Crippen LogP contribution is 2.65. The Labute approximate surface area is 244 Å². The first-order valence-corrected chi connectivity index (χ1v) is 15.0. The molecule has 0 unspecified atom stereocenters. The van der Waals surface area contributed by atoms with Gasteiger partial charge >= 0.3 is 0 Å². The van der Waals surface area contributed by atoms with Crippen LogP contribution in [0.25, 0.3) is 0 Å². The number of hydrogen-bond acceptors (Lipinski definition) is 5. The molecule has 2 aromatic carbocycles. The van der Waals surface area contributed by atoms with Crippen molar-refractivity contribution in [1.82, 2.24) is 9.80 Å². The molecular weight excluding hydrogens is 512 g/mol. The van der Waals surface area contributed by atoms with E-state index in [1.54, 1.807) is 13.2 Å². The lowest BCUT2D eigenvalue weighted by atomic mass is 9.50. The lowest BCUT2D eigenvalue weighted by Crippen LogP contribution is -2.69. The molecule has 2 aromatic rings. The summed E-state index contributed by atoms with van der Waals surface area (Å²) in [6.45, 7) is 14.8. The van der Waals surface area contributed by atoms with Crippen molar-refractivity contribution in [3.63, 3.8) is 0 Å². The first kappa shape index (κ1) is 27.7. The lowest BCUT2D eigenvalue weighted by Gasteiger charge is -2.60. The molecule has 2 aliphatic heterocycles. The molecule has 2 heterocycles. The number of carbonyl (C=O) groups is 1. The molecule has 1 amide bonds. The van der Waals surface area contributed by atoms with Gasteiger partial charge in [0.2, 0.25) is 0 Å². The van der Waals surface area contributed by atoms with Gasteiger partial charge in [0.05, 0.1) is 13.2 Å². The minimum Gasteiger partial charge on any atom is -0.508 e. The van der Waals surface area contributed by atoms with E-state index in [4.69, 9.17) is 9.47 Å². The number of nitrogens with zero attached hydrogens (tertiary/aromatic N) is 2. The Bertz CT molecular complexity index is 1450. The molecule has 1 N–H and O–H groups in total. The van der Waals surface area contributed by atoms with Crippen LogP contribution in [-0.4, -0.2) is 65.7 Å². The van der Waals surface area contributed by atoms with Gasteiger partial charge in [0.15, 0.2) is 11.5 Å². The number of aryl methyl sites for hydroxylation is 2. The van der Waals surface area contributed by atoms with E-state index in [2.05, 4.69) is 57.1 Å². The molecule has 1 saturated heterocycles. The van der Waals surface area contributed by atoms with Gasteiger partial charge in [0.1, 0.15) is 11.9 Å². The fourth-order valence-corrected chi connectivity index (χ4v) is 8.29. The van der Waals surface area contributed by atoms with E-state index < -0.39 is 0 Å². The summed E-state index contributed by atoms with van der Waals surface area (Å²) in [4.78, 5) is 18.4. The Morgan fingerprint density at radius 2 is 2.10 bits per heavy atom. The number of ether oxygens (including phenoxy) is 2. The van der Waals surface area contributed by atoms with Gasteiger partial charge < -0.3 is 19.5 Å². The Morgan fingerprint density at radius 1 is 1.29 bits per heavy atom. The number of carbonyl (C=O) groups excluding carboxylic acids is 1. The van der Waals surface area contributed by atoms with Crippen LogP contribution in [0.5, 0.6) is 17.2 Å². The van der Waals surface area contributed by atoms with Crippen LogP contribution >= 0.6 is 0 Å². The Kier molecular flexibility index (Phi) is 7.06. The van der Waals surface area contributed by atoms with Crippen molar-refractivity contribution in [3.8, 4) is 29.1 Å². The summed E-state index contributed by atoms with van der Waals surface area (Å²) < 4.78 is 12.7. The summed E-state index contributed by atoms with van der Waals surface area (Å²) in [5, 5.41) is 11.2. The molecule has 6 nitrogen and oxygen atoms in total. The highest BCUT2D eigenvalue weighted by Gasteiger charge is 2.67. The summed E-state index contributed by atoms with van der Waals surface area (Å²) >= 11 is 0. The molecule has 1 spiro atoms. The summed E-state index contributed by atoms with van der Waals surface area (Å²) in [5.41, 5.74) is 5.06. The van der Waals surface area contributed by atoms with E-state index in [0.717, 1.165) is 61.2 Å². The van der Waals surface area contributed by atoms with Crippen LogP contribution in [0.15, 0.2) is 36.9 Å². The first-order chi connectivity index (χ1) is 19.7. The minimum atomic E-state index is -0.281. The SMILES string of the molecule is C=CCN1CC[C@]23c4c5c(O)cc(OC)c4O[C@H]2[C@H](N(CC(C)C)C(=O)C#Cc2ccc(C)c(C)c2)CC[C@H]3[C@H]1C5. The quantitative estimate of drug-likeness (QED) is 0.396. The molecular formula is C35H42N2O4. The molecule has 6 rings (SSSR count). The molecule has 2 bridgehead atoms. The maximum Gasteiger partial charge on any atom is 0.299 e. The van der Waals surface area contributed by atoms with E-state index in [9.17, 15) is 9.90 Å². The Morgan fingerprint density at radius 3 is 2.80 bits per heavy atom. The van der Waals surface area contributed by atoms with Gasteiger partial charge in [-0.05, 0) is 81.2 Å². The summed E-state index contributed by atoms with van der Waals surface area (Å²) in [6, 6.07) is 7.96. The molecule has 4 aliphatic rings. The van der Waals surface area contributed by atoms with Crippen molar-refractivity contribution in [2.45, 2.75) is 77.0 Å². The molecule has 1 saturated carbocycles. The predicted molar refractivity (Wildman–Crippen MR) is 160 cm³/mol. The van der Waals surface area contributed by atoms with E-state index in [1.165, 1.54) is 11.1 Å². The number of likely N-dealkylation sites (tertiary alicyclic amines) is 1. The number of rotatable bonds is 6. The maximum absolute atomic E-state index is 13.9. The molecule has 2 aliphatic carbocycles. The Hall–Kier alpha value is -3.43. The second-order valence-corrected chi connectivity index (χ2v) is 12.8. The van der Waals surface area contributed by atoms with Crippen molar-refractivity contribution in [3.05, 3.63) is 64.7 Å². The third-order valence-corrected chi connectivity index (χ3v) is 10.1. The second kappa shape index (κ2) is 10.4. The zero-order valence-corrected chi connectivity index (χ0v) is 25.0. The van der Waals surface area contributed by atoms with E-state index in [-0.39, 0.29) is 35.1 Å². The zero-order valence-electron chi connectivity index (χ0n) is 25.0. The van der Waals surface area contributed by atoms with E-state index >= 15 is 0 Å². The third-order valence-electron chi connectivity index (χ3n) is 10.1. The van der Waals surface area contributed by atoms with Crippen LogP contribution < -0.4 is 9.47 Å². The average molecular weight is 555 g/mol. The molecule has 2 fully saturated rings. The number of piperidine rings is 1. The van der Waals surface area contributed by atoms with Gasteiger partial charge in [0, 0.05) is 53.2 Å². The van der Waals surface area contributed by atoms with Crippen LogP contribution in [-0.2, 0) is 16.6 Å². The highest BCUT2D eigenvalue weighted by molar-refractivity contribution is 5.94. The van der Waals surface area contributed by atoms with Crippen molar-refractivity contribution < 1.29 is 19.4 Å². The predicted octanol–water partition coefficient (Wildman–Crippen LogP) is 5.15. The van der Waals surface area contributed by atoms with Gasteiger partial charge in [-0.3, -0.25) is 9.69 Å². The number of methoxy groups -OCH3 is 1. The normalized spacial score (nSPS) is 27.4. The topological polar surface area (TPSA) is 62.2 Å². The van der Waals surface area contributed by atoms with Crippen LogP contribution in [0, 0.1) is 37.5 Å². The van der Waals surface area contributed by atoms with Crippen molar-refractivity contribution in [1.29, 1.82) is 0 Å². The van der Waals surface area contributed by atoms with Crippen LogP contribution in [0.3, 0.4) is 0 Å². The fourth-order valence-electron chi connectivity index (χ4n) is 8.29. The summed E-state index contributed by atoms with van der Waals surface area (Å²) in [6.07, 6.45) is 5.32. The van der Waals surface area contributed by atoms with Crippen LogP contribution in [0.1, 0.15) is 60.9 Å². The van der Waals surface area contributed by atoms with Gasteiger partial charge in [-0.2, -0.15) is 0 Å². The number of benzene rings is 2. The second-order valence-electron chi connectivity index (χ2n) is 12.8. The Balaban J connectivity index is 1.42. The molecule has 5 atom stereocenters. The van der Waals surface area contributed by atoms with Crippen LogP contribution in [0.4, 0.5) is 0 Å². The van der Waals surface area contributed by atoms with Crippen molar-refractivity contribution >= 4 is 5.91 Å². The third kappa shape index (κ3) is 4.32. The van der Waals surface area contributed by atoms with E-state index in [1.807, 2.05) is 23.1 Å². The van der Waals surface area contributed by atoms with E-state index in [0.29, 0.717) is 24.3 Å². The number of aromatic hydroxyl groups is 1. The summed E-state index contributed by atoms with van der Waals surface area (Å²) in [5.74, 6) is 8.26. The maximum atomic E-state index is 13.9. The molecule has 6 heteroatoms. The molecule has 0 aromatic heterocycles. The molecule has 0 radical (unpaired) electrons. The molecule has 216 valence electrons. The highest BCUT2D eigenvalue weighted by atomic mass is 16.5. The standard InChI is InChI=1S/C35H42N2O4/c1-7-15-36-16-14-35-26-11-12-27(34(35)41-33-30(40-6)19-29(38)25(32(33)35)18-28(26)36)37(20-21(2)3)31(39)13-10-24-9-8-22(4)23(5)17-24/h7-9,17,19,21,26-28,34,38H,1,11-12,14-16,18,20H2,2-6H3/t26-,27+,28+,34-,35-/m0/s1. The van der Waals surface area contributed by atoms with Gasteiger partial charge in [-0.25, -0.2) is 0 Å². The lowest BCUT2D eigenvalue weighted by molar-refractivity contribution is -0.137. The van der Waals surface area contributed by atoms with Crippen molar-refractivity contribution in [2.75, 3.05) is 26.7 Å². The number of amides is 1. The minimum absolute atomic E-state index is 0.119. The number of phenolic OH excluding ortho intramolecular Hbond substituents is 1. The van der Waals surface area contributed by atoms with Gasteiger partial charge in [0.25, 0.3) is 5.91 Å². The van der Waals surface area contributed by atoms with Gasteiger partial charge in [-0.1, -0.05) is 31.9 Å².